The number of nitrogens with zero attached hydrogens (tertiary/aromatic N) is 6. The molecule has 1 atom stereocenters. The molecule has 7 rings (SSSR count). The van der Waals surface area contributed by atoms with Crippen LogP contribution >= 0.6 is 11.6 Å². The number of halogens is 1. The van der Waals surface area contributed by atoms with Crippen LogP contribution in [-0.2, 0) is 31.1 Å². The maximum Gasteiger partial charge on any atom is 0.326 e. The highest BCUT2D eigenvalue weighted by Crippen LogP contribution is 2.37. The largest absolute Gasteiger partial charge is 0.488 e. The highest BCUT2D eigenvalue weighted by molar-refractivity contribution is 6.32. The van der Waals surface area contributed by atoms with Gasteiger partial charge in [0, 0.05) is 48.2 Å². The summed E-state index contributed by atoms with van der Waals surface area (Å²) in [5, 5.41) is 36.7. The summed E-state index contributed by atoms with van der Waals surface area (Å²) < 4.78 is 14.6. The van der Waals surface area contributed by atoms with E-state index in [9.17, 15) is 20.3 Å². The van der Waals surface area contributed by atoms with Crippen molar-refractivity contribution in [1.29, 1.82) is 5.26 Å². The number of carboxylic acid groups (broad SMARTS) is 1. The zero-order valence-electron chi connectivity index (χ0n) is 32.8. The number of hydrogen-bond acceptors (Lipinski definition) is 10. The smallest absolute Gasteiger partial charge is 0.326 e. The van der Waals surface area contributed by atoms with E-state index in [1.807, 2.05) is 18.3 Å². The fraction of sp³-hybridized carbons (Fsp3) is 0.311. The molecule has 1 aliphatic heterocycles. The topological polar surface area (TPSA) is 159 Å². The lowest BCUT2D eigenvalue weighted by Gasteiger charge is -2.25. The number of hydrogen-bond donors (Lipinski definition) is 3. The Morgan fingerprint density at radius 1 is 0.914 bits per heavy atom. The van der Waals surface area contributed by atoms with Gasteiger partial charge in [0.15, 0.2) is 0 Å². The van der Waals surface area contributed by atoms with Gasteiger partial charge in [-0.3, -0.25) is 19.8 Å². The number of carboxylic acids is 1. The minimum atomic E-state index is -1.59. The van der Waals surface area contributed by atoms with Gasteiger partial charge in [-0.1, -0.05) is 48.0 Å². The molecule has 13 heteroatoms. The van der Waals surface area contributed by atoms with Crippen LogP contribution in [0.4, 0.5) is 0 Å². The Hall–Kier alpha value is -5.84. The molecule has 1 fully saturated rings. The number of benzene rings is 3. The molecule has 298 valence electrons. The van der Waals surface area contributed by atoms with Crippen molar-refractivity contribution < 1.29 is 24.5 Å². The number of aliphatic hydroxyl groups excluding tert-OH is 1. The second-order valence-electron chi connectivity index (χ2n) is 14.9. The van der Waals surface area contributed by atoms with Gasteiger partial charge < -0.3 is 24.6 Å². The first kappa shape index (κ1) is 40.4. The zero-order chi connectivity index (χ0) is 40.8. The average Bonchev–Trinajstić information content (AvgIpc) is 3.91. The van der Waals surface area contributed by atoms with Gasteiger partial charge in [-0.05, 0) is 98.8 Å². The summed E-state index contributed by atoms with van der Waals surface area (Å²) >= 11 is 6.78. The summed E-state index contributed by atoms with van der Waals surface area (Å²) in [6, 6.07) is 23.7. The second-order valence-corrected chi connectivity index (χ2v) is 15.3. The standard InChI is InChI=1S/C45H46ClN7O5/c1-29-33(27-58-43-20-42(57-26-32-18-31(21-47)22-48-23-32)34(19-38(43)46)24-49-45(3,28-54)44(55)56)8-6-9-35(29)36-10-7-11-37(30(36)2)39-12-13-41-40(51-39)25-50-53(41)17-16-52-14-4-5-15-52/h6-13,18-20,22-23,25,49,54H,4-5,14-17,24,26-28H2,1-3H3,(H,55,56)/t45-/m0/s1. The van der Waals surface area contributed by atoms with Gasteiger partial charge in [-0.15, -0.1) is 0 Å². The molecule has 0 spiro atoms. The highest BCUT2D eigenvalue weighted by Gasteiger charge is 2.32. The number of carbonyl (C=O) groups is 1. The van der Waals surface area contributed by atoms with E-state index in [1.54, 1.807) is 24.4 Å². The second kappa shape index (κ2) is 17.7. The molecule has 6 aromatic rings. The molecule has 0 aliphatic carbocycles. The Kier molecular flexibility index (Phi) is 12.4. The van der Waals surface area contributed by atoms with E-state index in [4.69, 9.17) is 26.1 Å². The van der Waals surface area contributed by atoms with Crippen molar-refractivity contribution in [3.8, 4) is 40.0 Å². The van der Waals surface area contributed by atoms with Crippen LogP contribution in [-0.4, -0.2) is 72.6 Å². The maximum absolute atomic E-state index is 11.9. The lowest BCUT2D eigenvalue weighted by molar-refractivity contribution is -0.145. The summed E-state index contributed by atoms with van der Waals surface area (Å²) in [6.07, 6.45) is 7.48. The first-order valence-corrected chi connectivity index (χ1v) is 19.7. The molecule has 3 N–H and O–H groups in total. The summed E-state index contributed by atoms with van der Waals surface area (Å²) in [5.41, 5.74) is 9.20. The van der Waals surface area contributed by atoms with Gasteiger partial charge in [0.25, 0.3) is 0 Å². The fourth-order valence-corrected chi connectivity index (χ4v) is 7.51. The number of rotatable bonds is 16. The van der Waals surface area contributed by atoms with Crippen molar-refractivity contribution in [1.82, 2.24) is 30.0 Å². The molecule has 1 aliphatic rings. The number of nitrogens with one attached hydrogen (secondary N) is 1. The predicted molar refractivity (Wildman–Crippen MR) is 223 cm³/mol. The number of pyridine rings is 2. The van der Waals surface area contributed by atoms with E-state index < -0.39 is 18.1 Å². The van der Waals surface area contributed by atoms with Crippen LogP contribution in [0.1, 0.15) is 53.1 Å². The Morgan fingerprint density at radius 3 is 2.41 bits per heavy atom. The predicted octanol–water partition coefficient (Wildman–Crippen LogP) is 7.48. The molecule has 3 aromatic heterocycles. The van der Waals surface area contributed by atoms with Gasteiger partial charge in [0.2, 0.25) is 0 Å². The van der Waals surface area contributed by atoms with E-state index in [0.717, 1.165) is 76.3 Å². The van der Waals surface area contributed by atoms with E-state index >= 15 is 0 Å². The molecule has 0 bridgehead atoms. The molecule has 0 saturated carbocycles. The number of fused-ring (bicyclic) bond motifs is 1. The molecule has 0 amide bonds. The summed E-state index contributed by atoms with van der Waals surface area (Å²) in [5.74, 6) is -0.442. The van der Waals surface area contributed by atoms with Crippen LogP contribution in [0.15, 0.2) is 85.3 Å². The van der Waals surface area contributed by atoms with Crippen molar-refractivity contribution in [3.05, 3.63) is 124 Å². The number of likely N-dealkylation sites (tertiary alicyclic amines) is 1. The van der Waals surface area contributed by atoms with Crippen molar-refractivity contribution in [2.24, 2.45) is 0 Å². The Morgan fingerprint density at radius 2 is 1.66 bits per heavy atom. The van der Waals surface area contributed by atoms with Crippen molar-refractivity contribution >= 4 is 28.6 Å². The minimum absolute atomic E-state index is 0.0284. The highest BCUT2D eigenvalue weighted by atomic mass is 35.5. The van der Waals surface area contributed by atoms with Crippen LogP contribution in [0.5, 0.6) is 11.5 Å². The van der Waals surface area contributed by atoms with Crippen LogP contribution in [0.3, 0.4) is 0 Å². The summed E-state index contributed by atoms with van der Waals surface area (Å²) in [6.45, 7) is 9.47. The van der Waals surface area contributed by atoms with Crippen LogP contribution < -0.4 is 14.8 Å². The first-order valence-electron chi connectivity index (χ1n) is 19.3. The summed E-state index contributed by atoms with van der Waals surface area (Å²) in [4.78, 5) is 23.5. The van der Waals surface area contributed by atoms with Crippen LogP contribution in [0, 0.1) is 25.2 Å². The molecule has 1 saturated heterocycles. The molecular formula is C45H46ClN7O5. The third-order valence-corrected chi connectivity index (χ3v) is 11.2. The molecule has 4 heterocycles. The number of aliphatic carboxylic acids is 1. The van der Waals surface area contributed by atoms with E-state index in [2.05, 4.69) is 81.3 Å². The Bertz CT molecular complexity index is 2490. The van der Waals surface area contributed by atoms with Crippen molar-refractivity contribution in [2.45, 2.75) is 65.5 Å². The number of aliphatic hydroxyl groups is 1. The molecule has 0 unspecified atom stereocenters. The number of ether oxygens (including phenoxy) is 2. The molecule has 12 nitrogen and oxygen atoms in total. The Labute approximate surface area is 342 Å². The average molecular weight is 800 g/mol. The third-order valence-electron chi connectivity index (χ3n) is 10.9. The van der Waals surface area contributed by atoms with Crippen LogP contribution in [0.2, 0.25) is 5.02 Å². The van der Waals surface area contributed by atoms with E-state index in [1.165, 1.54) is 26.0 Å². The van der Waals surface area contributed by atoms with Crippen molar-refractivity contribution in [3.63, 3.8) is 0 Å². The molecule has 58 heavy (non-hydrogen) atoms. The van der Waals surface area contributed by atoms with Gasteiger partial charge in [-0.25, -0.2) is 4.98 Å². The van der Waals surface area contributed by atoms with Crippen molar-refractivity contribution in [2.75, 3.05) is 26.2 Å². The van der Waals surface area contributed by atoms with Gasteiger partial charge in [-0.2, -0.15) is 10.4 Å². The van der Waals surface area contributed by atoms with E-state index in [0.29, 0.717) is 33.2 Å². The molecule has 3 aromatic carbocycles. The first-order chi connectivity index (χ1) is 28.1. The fourth-order valence-electron chi connectivity index (χ4n) is 7.27. The number of aromatic nitrogens is 4. The van der Waals surface area contributed by atoms with E-state index in [-0.39, 0.29) is 19.8 Å². The maximum atomic E-state index is 11.9. The summed E-state index contributed by atoms with van der Waals surface area (Å²) in [7, 11) is 0. The monoisotopic (exact) mass is 799 g/mol. The third kappa shape index (κ3) is 8.83. The van der Waals surface area contributed by atoms with Gasteiger partial charge >= 0.3 is 5.97 Å². The molecule has 0 radical (unpaired) electrons. The van der Waals surface area contributed by atoms with Crippen LogP contribution in [0.25, 0.3) is 33.4 Å². The zero-order valence-corrected chi connectivity index (χ0v) is 33.6. The lowest BCUT2D eigenvalue weighted by atomic mass is 9.90. The minimum Gasteiger partial charge on any atom is -0.488 e. The van der Waals surface area contributed by atoms with Gasteiger partial charge in [0.1, 0.15) is 41.8 Å². The molecular weight excluding hydrogens is 754 g/mol. The lowest BCUT2D eigenvalue weighted by Crippen LogP contribution is -2.52. The normalized spacial score (nSPS) is 14.0. The quantitative estimate of drug-likeness (QED) is 0.0891. The van der Waals surface area contributed by atoms with Gasteiger partial charge in [0.05, 0.1) is 41.1 Å². The SMILES string of the molecule is Cc1c(COc2cc(OCc3cncc(C#N)c3)c(CN[C@@](C)(CO)C(=O)O)cc2Cl)cccc1-c1cccc(-c2ccc3c(cnn3CCN3CCCC3)n2)c1C. The number of nitriles is 1. The Balaban J connectivity index is 1.11.